The minimum atomic E-state index is 0.0989. The van der Waals surface area contributed by atoms with E-state index in [0.717, 1.165) is 49.8 Å². The molecule has 3 fully saturated rings. The first-order valence-corrected chi connectivity index (χ1v) is 11.1. The third kappa shape index (κ3) is 3.53. The fourth-order valence-electron chi connectivity index (χ4n) is 4.94. The van der Waals surface area contributed by atoms with Crippen LogP contribution < -0.4 is 5.73 Å². The zero-order valence-electron chi connectivity index (χ0n) is 16.4. The number of ether oxygens (including phenoxy) is 1. The van der Waals surface area contributed by atoms with E-state index in [9.17, 15) is 0 Å². The second-order valence-electron chi connectivity index (χ2n) is 8.40. The average molecular weight is 451 g/mol. The van der Waals surface area contributed by atoms with E-state index >= 15 is 0 Å². The van der Waals surface area contributed by atoms with Crippen LogP contribution >= 0.6 is 23.2 Å². The first kappa shape index (κ1) is 20.0. The number of piperidine rings is 1. The number of oxime groups is 1. The average Bonchev–Trinajstić information content (AvgIpc) is 3.44. The fraction of sp³-hybridized carbons (Fsp3) is 0.524. The lowest BCUT2D eigenvalue weighted by atomic mass is 9.99. The summed E-state index contributed by atoms with van der Waals surface area (Å²) >= 11 is 12.9. The number of benzene rings is 1. The summed E-state index contributed by atoms with van der Waals surface area (Å²) in [6, 6.07) is 5.91. The van der Waals surface area contributed by atoms with E-state index in [-0.39, 0.29) is 24.1 Å². The fourth-order valence-corrected chi connectivity index (χ4v) is 5.51. The van der Waals surface area contributed by atoms with Crippen LogP contribution in [0.15, 0.2) is 27.9 Å². The standard InChI is InChI=1S/C21H24Cl2N4O3/c22-16-2-1-3-17(23)18(16)19-15(20(30-26-19)11-4-5-11)10-29-14-8-12-6-7-13(9-14)27(12)21(24)25-28/h1-3,11-14,28H,4-10H2,(H2,24,25). The highest BCUT2D eigenvalue weighted by atomic mass is 35.5. The molecule has 2 unspecified atom stereocenters. The van der Waals surface area contributed by atoms with E-state index in [1.807, 2.05) is 11.0 Å². The first-order chi connectivity index (χ1) is 14.6. The van der Waals surface area contributed by atoms with Gasteiger partial charge in [0.25, 0.3) is 0 Å². The molecule has 1 aliphatic carbocycles. The summed E-state index contributed by atoms with van der Waals surface area (Å²) < 4.78 is 12.1. The van der Waals surface area contributed by atoms with Gasteiger partial charge in [0.05, 0.1) is 22.8 Å². The SMILES string of the molecule is N/C(=N\O)N1C2CCC1CC(OCc1c(-c3c(Cl)cccc3Cl)noc1C1CC1)C2. The van der Waals surface area contributed by atoms with Gasteiger partial charge in [0.1, 0.15) is 11.5 Å². The first-order valence-electron chi connectivity index (χ1n) is 10.4. The highest BCUT2D eigenvalue weighted by Crippen LogP contribution is 2.46. The predicted molar refractivity (Wildman–Crippen MR) is 114 cm³/mol. The van der Waals surface area contributed by atoms with E-state index in [4.69, 9.17) is 43.4 Å². The summed E-state index contributed by atoms with van der Waals surface area (Å²) in [5.74, 6) is 1.48. The van der Waals surface area contributed by atoms with E-state index < -0.39 is 0 Å². The van der Waals surface area contributed by atoms with Gasteiger partial charge in [-0.25, -0.2) is 0 Å². The van der Waals surface area contributed by atoms with E-state index in [1.165, 1.54) is 0 Å². The van der Waals surface area contributed by atoms with Gasteiger partial charge in [0.2, 0.25) is 5.96 Å². The number of halogens is 2. The van der Waals surface area contributed by atoms with Gasteiger partial charge in [-0.15, -0.1) is 0 Å². The second kappa shape index (κ2) is 7.94. The molecule has 7 nitrogen and oxygen atoms in total. The van der Waals surface area contributed by atoms with Crippen LogP contribution in [0.5, 0.6) is 0 Å². The van der Waals surface area contributed by atoms with Crippen LogP contribution in [0.3, 0.4) is 0 Å². The summed E-state index contributed by atoms with van der Waals surface area (Å²) in [6.45, 7) is 0.403. The Morgan fingerprint density at radius 1 is 1.20 bits per heavy atom. The molecule has 2 aromatic rings. The smallest absolute Gasteiger partial charge is 0.233 e. The lowest BCUT2D eigenvalue weighted by molar-refractivity contribution is -0.0123. The van der Waals surface area contributed by atoms with Crippen molar-refractivity contribution in [2.45, 2.75) is 69.2 Å². The van der Waals surface area contributed by atoms with Gasteiger partial charge in [-0.2, -0.15) is 0 Å². The van der Waals surface area contributed by atoms with Crippen molar-refractivity contribution in [2.24, 2.45) is 10.9 Å². The molecule has 3 heterocycles. The highest BCUT2D eigenvalue weighted by Gasteiger charge is 2.43. The zero-order valence-corrected chi connectivity index (χ0v) is 17.9. The Bertz CT molecular complexity index is 941. The maximum Gasteiger partial charge on any atom is 0.233 e. The largest absolute Gasteiger partial charge is 0.408 e. The number of guanidine groups is 1. The molecule has 9 heteroatoms. The predicted octanol–water partition coefficient (Wildman–Crippen LogP) is 4.74. The van der Waals surface area contributed by atoms with Gasteiger partial charge in [-0.3, -0.25) is 0 Å². The molecule has 0 amide bonds. The monoisotopic (exact) mass is 450 g/mol. The molecule has 3 aliphatic rings. The number of nitrogens with two attached hydrogens (primary N) is 1. The molecule has 0 spiro atoms. The Morgan fingerprint density at radius 3 is 2.47 bits per heavy atom. The summed E-state index contributed by atoms with van der Waals surface area (Å²) in [6.07, 6.45) is 6.05. The third-order valence-corrected chi connectivity index (χ3v) is 7.12. The normalized spacial score (nSPS) is 26.4. The summed E-state index contributed by atoms with van der Waals surface area (Å²) in [5.41, 5.74) is 8.18. The molecule has 2 aliphatic heterocycles. The lowest BCUT2D eigenvalue weighted by Crippen LogP contribution is -2.51. The minimum Gasteiger partial charge on any atom is -0.408 e. The number of nitrogens with zero attached hydrogens (tertiary/aromatic N) is 3. The molecule has 1 saturated carbocycles. The summed E-state index contributed by atoms with van der Waals surface area (Å²) in [4.78, 5) is 2.03. The van der Waals surface area contributed by atoms with Crippen molar-refractivity contribution >= 4 is 29.2 Å². The Balaban J connectivity index is 1.37. The molecule has 5 rings (SSSR count). The molecular weight excluding hydrogens is 427 g/mol. The van der Waals surface area contributed by atoms with Gasteiger partial charge >= 0.3 is 0 Å². The van der Waals surface area contributed by atoms with Crippen molar-refractivity contribution < 1.29 is 14.5 Å². The van der Waals surface area contributed by atoms with Crippen LogP contribution in [0.1, 0.15) is 55.8 Å². The van der Waals surface area contributed by atoms with Crippen molar-refractivity contribution in [2.75, 3.05) is 0 Å². The molecule has 0 radical (unpaired) electrons. The van der Waals surface area contributed by atoms with Crippen molar-refractivity contribution in [1.82, 2.24) is 10.1 Å². The van der Waals surface area contributed by atoms with Gasteiger partial charge in [-0.1, -0.05) is 39.6 Å². The third-order valence-electron chi connectivity index (χ3n) is 6.49. The number of hydrogen-bond acceptors (Lipinski definition) is 5. The van der Waals surface area contributed by atoms with Gasteiger partial charge in [0.15, 0.2) is 0 Å². The summed E-state index contributed by atoms with van der Waals surface area (Å²) in [7, 11) is 0. The highest BCUT2D eigenvalue weighted by molar-refractivity contribution is 6.39. The maximum atomic E-state index is 9.07. The van der Waals surface area contributed by atoms with Gasteiger partial charge in [0, 0.05) is 29.1 Å². The van der Waals surface area contributed by atoms with Crippen LogP contribution in [-0.4, -0.2) is 39.4 Å². The van der Waals surface area contributed by atoms with Crippen molar-refractivity contribution in [3.8, 4) is 11.3 Å². The quantitative estimate of drug-likeness (QED) is 0.295. The molecule has 160 valence electrons. The molecule has 2 saturated heterocycles. The molecule has 3 N–H and O–H groups in total. The Morgan fingerprint density at radius 2 is 1.87 bits per heavy atom. The molecule has 1 aromatic heterocycles. The zero-order chi connectivity index (χ0) is 20.8. The van der Waals surface area contributed by atoms with Crippen molar-refractivity contribution in [3.05, 3.63) is 39.6 Å². The van der Waals surface area contributed by atoms with Gasteiger partial charge in [-0.05, 0) is 50.7 Å². The van der Waals surface area contributed by atoms with Crippen molar-refractivity contribution in [3.63, 3.8) is 0 Å². The van der Waals surface area contributed by atoms with E-state index in [2.05, 4.69) is 10.3 Å². The molecular formula is C21H24Cl2N4O3. The van der Waals surface area contributed by atoms with Crippen LogP contribution in [0.2, 0.25) is 10.0 Å². The molecule has 2 atom stereocenters. The second-order valence-corrected chi connectivity index (χ2v) is 9.21. The molecule has 30 heavy (non-hydrogen) atoms. The Labute approximate surface area is 184 Å². The number of hydrogen-bond donors (Lipinski definition) is 2. The van der Waals surface area contributed by atoms with Crippen molar-refractivity contribution in [1.29, 1.82) is 0 Å². The number of rotatable bonds is 5. The maximum absolute atomic E-state index is 9.07. The van der Waals surface area contributed by atoms with E-state index in [1.54, 1.807) is 12.1 Å². The minimum absolute atomic E-state index is 0.0989. The topological polar surface area (TPSA) is 97.1 Å². The Hall–Kier alpha value is -1.96. The summed E-state index contributed by atoms with van der Waals surface area (Å²) in [5, 5.41) is 17.7. The number of fused-ring (bicyclic) bond motifs is 2. The van der Waals surface area contributed by atoms with Crippen LogP contribution in [-0.2, 0) is 11.3 Å². The van der Waals surface area contributed by atoms with Crippen LogP contribution in [0, 0.1) is 0 Å². The number of aromatic nitrogens is 1. The lowest BCUT2D eigenvalue weighted by Gasteiger charge is -2.38. The Kier molecular flexibility index (Phi) is 5.29. The molecule has 2 bridgehead atoms. The van der Waals surface area contributed by atoms with Crippen LogP contribution in [0.25, 0.3) is 11.3 Å². The van der Waals surface area contributed by atoms with Crippen LogP contribution in [0.4, 0.5) is 0 Å². The molecule has 1 aromatic carbocycles. The van der Waals surface area contributed by atoms with E-state index in [0.29, 0.717) is 33.8 Å². The van der Waals surface area contributed by atoms with Gasteiger partial charge < -0.3 is 25.1 Å².